The van der Waals surface area contributed by atoms with Crippen molar-refractivity contribution in [2.45, 2.75) is 26.5 Å². The largest absolute Gasteiger partial charge is 0.486 e. The van der Waals surface area contributed by atoms with Crippen LogP contribution < -0.4 is 10.1 Å². The van der Waals surface area contributed by atoms with Crippen LogP contribution >= 0.6 is 0 Å². The van der Waals surface area contributed by atoms with Crippen molar-refractivity contribution >= 4 is 0 Å². The zero-order chi connectivity index (χ0) is 15.2. The van der Waals surface area contributed by atoms with E-state index >= 15 is 0 Å². The summed E-state index contributed by atoms with van der Waals surface area (Å²) >= 11 is 0. The smallest absolute Gasteiger partial charge is 0.165 e. The molecule has 0 saturated heterocycles. The Balaban J connectivity index is 2.04. The third-order valence-electron chi connectivity index (χ3n) is 3.25. The number of benzene rings is 2. The van der Waals surface area contributed by atoms with Crippen molar-refractivity contribution in [1.29, 1.82) is 0 Å². The summed E-state index contributed by atoms with van der Waals surface area (Å²) in [4.78, 5) is 0. The fourth-order valence-electron chi connectivity index (χ4n) is 2.12. The molecule has 0 fully saturated rings. The van der Waals surface area contributed by atoms with Crippen molar-refractivity contribution in [3.05, 3.63) is 65.2 Å². The van der Waals surface area contributed by atoms with Crippen LogP contribution in [0.1, 0.15) is 31.0 Å². The van der Waals surface area contributed by atoms with Crippen molar-refractivity contribution < 1.29 is 13.5 Å². The van der Waals surface area contributed by atoms with Crippen LogP contribution in [0.2, 0.25) is 0 Å². The van der Waals surface area contributed by atoms with E-state index in [1.165, 1.54) is 18.2 Å². The average molecular weight is 291 g/mol. The predicted molar refractivity (Wildman–Crippen MR) is 79.2 cm³/mol. The monoisotopic (exact) mass is 291 g/mol. The summed E-state index contributed by atoms with van der Waals surface area (Å²) < 4.78 is 32.5. The Kier molecular flexibility index (Phi) is 5.28. The van der Waals surface area contributed by atoms with Crippen molar-refractivity contribution in [3.63, 3.8) is 0 Å². The van der Waals surface area contributed by atoms with Crippen LogP contribution in [-0.2, 0) is 6.61 Å². The third-order valence-corrected chi connectivity index (χ3v) is 3.25. The number of hydrogen-bond donors (Lipinski definition) is 1. The minimum Gasteiger partial charge on any atom is -0.486 e. The number of ether oxygens (including phenoxy) is 1. The highest BCUT2D eigenvalue weighted by Crippen LogP contribution is 2.23. The van der Waals surface area contributed by atoms with Gasteiger partial charge in [0.2, 0.25) is 0 Å². The molecule has 2 rings (SSSR count). The van der Waals surface area contributed by atoms with Crippen LogP contribution in [-0.4, -0.2) is 6.54 Å². The molecule has 2 aromatic carbocycles. The van der Waals surface area contributed by atoms with E-state index in [2.05, 4.69) is 5.32 Å². The van der Waals surface area contributed by atoms with Gasteiger partial charge in [0.15, 0.2) is 11.6 Å². The van der Waals surface area contributed by atoms with Crippen molar-refractivity contribution in [2.24, 2.45) is 0 Å². The van der Waals surface area contributed by atoms with Gasteiger partial charge in [0.25, 0.3) is 0 Å². The Morgan fingerprint density at radius 1 is 1.14 bits per heavy atom. The predicted octanol–water partition coefficient (Wildman–Crippen LogP) is 4.21. The Hall–Kier alpha value is -1.94. The van der Waals surface area contributed by atoms with Crippen LogP contribution in [0.25, 0.3) is 0 Å². The zero-order valence-corrected chi connectivity index (χ0v) is 12.2. The summed E-state index contributed by atoms with van der Waals surface area (Å²) in [5.41, 5.74) is 1.53. The van der Waals surface area contributed by atoms with Crippen molar-refractivity contribution in [1.82, 2.24) is 5.32 Å². The maximum atomic E-state index is 14.0. The Morgan fingerprint density at radius 2 is 1.95 bits per heavy atom. The molecule has 1 atom stereocenters. The third kappa shape index (κ3) is 4.26. The highest BCUT2D eigenvalue weighted by atomic mass is 19.1. The Bertz CT molecular complexity index is 601. The average Bonchev–Trinajstić information content (AvgIpc) is 2.46. The lowest BCUT2D eigenvalue weighted by molar-refractivity contribution is 0.289. The molecular weight excluding hydrogens is 272 g/mol. The van der Waals surface area contributed by atoms with E-state index in [4.69, 9.17) is 4.74 Å². The molecule has 0 bridgehead atoms. The molecule has 0 spiro atoms. The number of nitrogens with one attached hydrogen (secondary N) is 1. The van der Waals surface area contributed by atoms with Gasteiger partial charge < -0.3 is 10.1 Å². The number of halogens is 2. The second kappa shape index (κ2) is 7.18. The Labute approximate surface area is 123 Å². The van der Waals surface area contributed by atoms with Gasteiger partial charge in [-0.25, -0.2) is 8.78 Å². The SMILES string of the molecule is CCNC(C)c1ccc(OCc2cccc(F)c2)c(F)c1. The van der Waals surface area contributed by atoms with Crippen LogP contribution in [0.15, 0.2) is 42.5 Å². The van der Waals surface area contributed by atoms with Gasteiger partial charge in [0, 0.05) is 6.04 Å². The molecular formula is C17H19F2NO. The van der Waals surface area contributed by atoms with Crippen LogP contribution in [0.5, 0.6) is 5.75 Å². The van der Waals surface area contributed by atoms with Gasteiger partial charge in [0.1, 0.15) is 12.4 Å². The van der Waals surface area contributed by atoms with E-state index < -0.39 is 5.82 Å². The standard InChI is InChI=1S/C17H19F2NO/c1-3-20-12(2)14-7-8-17(16(19)10-14)21-11-13-5-4-6-15(18)9-13/h4-10,12,20H,3,11H2,1-2H3. The maximum Gasteiger partial charge on any atom is 0.165 e. The van der Waals surface area contributed by atoms with Crippen molar-refractivity contribution in [3.8, 4) is 5.75 Å². The van der Waals surface area contributed by atoms with Crippen molar-refractivity contribution in [2.75, 3.05) is 6.54 Å². The summed E-state index contributed by atoms with van der Waals surface area (Å²) in [6.45, 7) is 4.94. The first-order chi connectivity index (χ1) is 10.1. The van der Waals surface area contributed by atoms with Gasteiger partial charge >= 0.3 is 0 Å². The summed E-state index contributed by atoms with van der Waals surface area (Å²) in [7, 11) is 0. The fourth-order valence-corrected chi connectivity index (χ4v) is 2.12. The minimum atomic E-state index is -0.409. The van der Waals surface area contributed by atoms with E-state index in [0.717, 1.165) is 12.1 Å². The number of hydrogen-bond acceptors (Lipinski definition) is 2. The van der Waals surface area contributed by atoms with Crippen LogP contribution in [0, 0.1) is 11.6 Å². The molecule has 0 amide bonds. The fraction of sp³-hybridized carbons (Fsp3) is 0.294. The minimum absolute atomic E-state index is 0.0850. The molecule has 0 saturated carbocycles. The zero-order valence-electron chi connectivity index (χ0n) is 12.2. The molecule has 1 N–H and O–H groups in total. The van der Waals surface area contributed by atoms with E-state index in [9.17, 15) is 8.78 Å². The summed E-state index contributed by atoms with van der Waals surface area (Å²) in [5.74, 6) is -0.563. The first-order valence-corrected chi connectivity index (χ1v) is 7.00. The molecule has 0 aliphatic rings. The maximum absolute atomic E-state index is 14.0. The van der Waals surface area contributed by atoms with Gasteiger partial charge in [0.05, 0.1) is 0 Å². The van der Waals surface area contributed by atoms with Gasteiger partial charge in [-0.05, 0) is 48.9 Å². The van der Waals surface area contributed by atoms with Crippen LogP contribution in [0.3, 0.4) is 0 Å². The lowest BCUT2D eigenvalue weighted by atomic mass is 10.1. The lowest BCUT2D eigenvalue weighted by Crippen LogP contribution is -2.17. The normalized spacial score (nSPS) is 12.2. The second-order valence-corrected chi connectivity index (χ2v) is 4.89. The summed E-state index contributed by atoms with van der Waals surface area (Å²) in [6, 6.07) is 11.1. The van der Waals surface area contributed by atoms with Gasteiger partial charge in [-0.2, -0.15) is 0 Å². The van der Waals surface area contributed by atoms with Crippen LogP contribution in [0.4, 0.5) is 8.78 Å². The molecule has 0 radical (unpaired) electrons. The molecule has 4 heteroatoms. The number of rotatable bonds is 6. The molecule has 0 aliphatic heterocycles. The van der Waals surface area contributed by atoms with E-state index in [-0.39, 0.29) is 24.2 Å². The topological polar surface area (TPSA) is 21.3 Å². The molecule has 0 aliphatic carbocycles. The van der Waals surface area contributed by atoms with E-state index in [1.807, 2.05) is 19.9 Å². The van der Waals surface area contributed by atoms with E-state index in [1.54, 1.807) is 18.2 Å². The highest BCUT2D eigenvalue weighted by Gasteiger charge is 2.09. The van der Waals surface area contributed by atoms with Gasteiger partial charge in [-0.3, -0.25) is 0 Å². The van der Waals surface area contributed by atoms with Gasteiger partial charge in [-0.1, -0.05) is 25.1 Å². The summed E-state index contributed by atoms with van der Waals surface area (Å²) in [5, 5.41) is 3.22. The lowest BCUT2D eigenvalue weighted by Gasteiger charge is -2.14. The molecule has 0 aromatic heterocycles. The Morgan fingerprint density at radius 3 is 2.62 bits per heavy atom. The van der Waals surface area contributed by atoms with Gasteiger partial charge in [-0.15, -0.1) is 0 Å². The summed E-state index contributed by atoms with van der Waals surface area (Å²) in [6.07, 6.45) is 0. The molecule has 112 valence electrons. The highest BCUT2D eigenvalue weighted by molar-refractivity contribution is 5.31. The molecule has 2 nitrogen and oxygen atoms in total. The quantitative estimate of drug-likeness (QED) is 0.860. The second-order valence-electron chi connectivity index (χ2n) is 4.89. The molecule has 1 unspecified atom stereocenters. The molecule has 0 heterocycles. The molecule has 21 heavy (non-hydrogen) atoms. The molecule has 2 aromatic rings. The first-order valence-electron chi connectivity index (χ1n) is 7.00. The first kappa shape index (κ1) is 15.4. The van der Waals surface area contributed by atoms with E-state index in [0.29, 0.717) is 5.56 Å².